The average Bonchev–Trinajstić information content (AvgIpc) is 3.43. The molecule has 3 aliphatic carbocycles. The Balaban J connectivity index is 1.22. The first-order valence-electron chi connectivity index (χ1n) is 15.5. The highest BCUT2D eigenvalue weighted by molar-refractivity contribution is 5.83. The minimum atomic E-state index is -0.199. The van der Waals surface area contributed by atoms with Crippen molar-refractivity contribution in [1.82, 2.24) is 0 Å². The van der Waals surface area contributed by atoms with Crippen LogP contribution in [-0.2, 0) is 4.74 Å². The Labute approximate surface area is 229 Å². The van der Waals surface area contributed by atoms with Gasteiger partial charge in [-0.05, 0) is 96.1 Å². The molecule has 3 nitrogen and oxygen atoms in total. The van der Waals surface area contributed by atoms with Crippen LogP contribution >= 0.6 is 0 Å². The molecule has 0 radical (unpaired) electrons. The standard InChI is InChI=1S/C35H45NO2/c1-4-20-36(37,21-5-2)30-13-12-28-23-29-16-17-33(3)31(27-11-10-25-8-6-7-9-26(25)22-27)14-15-32(33)35(29)19-18-34(28,24-30)38-35/h6-11,16,22-23,30-32H,4-5,12-15,17-21,24H2,1-3H3/t30-,31+,32+,33+,34+,35?/m0/s1. The van der Waals surface area contributed by atoms with Gasteiger partial charge in [0, 0.05) is 12.8 Å². The molecule has 2 aromatic carbocycles. The molecule has 2 bridgehead atoms. The maximum atomic E-state index is 14.1. The van der Waals surface area contributed by atoms with Gasteiger partial charge in [0.15, 0.2) is 0 Å². The van der Waals surface area contributed by atoms with Crippen LogP contribution in [0.15, 0.2) is 65.8 Å². The number of hydrogen-bond donors (Lipinski definition) is 0. The maximum absolute atomic E-state index is 14.1. The molecule has 2 heterocycles. The van der Waals surface area contributed by atoms with Crippen LogP contribution in [0.4, 0.5) is 0 Å². The Morgan fingerprint density at radius 3 is 2.55 bits per heavy atom. The molecule has 3 fully saturated rings. The molecule has 7 rings (SSSR count). The summed E-state index contributed by atoms with van der Waals surface area (Å²) >= 11 is 0. The van der Waals surface area contributed by atoms with Crippen molar-refractivity contribution in [3.63, 3.8) is 0 Å². The summed E-state index contributed by atoms with van der Waals surface area (Å²) in [6.07, 6.45) is 15.9. The number of ether oxygens (including phenoxy) is 1. The lowest BCUT2D eigenvalue weighted by molar-refractivity contribution is -0.907. The zero-order chi connectivity index (χ0) is 26.2. The van der Waals surface area contributed by atoms with Crippen LogP contribution in [0, 0.1) is 16.5 Å². The van der Waals surface area contributed by atoms with E-state index in [1.165, 1.54) is 40.3 Å². The molecule has 2 aliphatic heterocycles. The summed E-state index contributed by atoms with van der Waals surface area (Å²) < 4.78 is 7.50. The fourth-order valence-electron chi connectivity index (χ4n) is 9.99. The first-order valence-corrected chi connectivity index (χ1v) is 15.5. The highest BCUT2D eigenvalue weighted by Crippen LogP contribution is 2.69. The molecule has 3 heteroatoms. The fraction of sp³-hybridized carbons (Fsp3) is 0.600. The molecule has 0 aromatic heterocycles. The highest BCUT2D eigenvalue weighted by Gasteiger charge is 2.67. The molecular formula is C35H45NO2. The first kappa shape index (κ1) is 25.1. The van der Waals surface area contributed by atoms with E-state index >= 15 is 0 Å². The van der Waals surface area contributed by atoms with Gasteiger partial charge in [-0.15, -0.1) is 0 Å². The largest absolute Gasteiger partial charge is 0.633 e. The minimum absolute atomic E-state index is 0.00767. The van der Waals surface area contributed by atoms with Crippen molar-refractivity contribution >= 4 is 10.8 Å². The van der Waals surface area contributed by atoms with E-state index in [9.17, 15) is 5.21 Å². The minimum Gasteiger partial charge on any atom is -0.633 e. The number of nitrogens with zero attached hydrogens (tertiary/aromatic N) is 1. The lowest BCUT2D eigenvalue weighted by atomic mass is 9.58. The van der Waals surface area contributed by atoms with Gasteiger partial charge < -0.3 is 14.6 Å². The van der Waals surface area contributed by atoms with E-state index in [4.69, 9.17) is 4.74 Å². The third kappa shape index (κ3) is 3.44. The second-order valence-electron chi connectivity index (χ2n) is 13.6. The predicted octanol–water partition coefficient (Wildman–Crippen LogP) is 8.58. The number of rotatable bonds is 6. The normalized spacial score (nSPS) is 37.8. The van der Waals surface area contributed by atoms with Crippen molar-refractivity contribution in [2.75, 3.05) is 13.1 Å². The molecule has 2 aromatic rings. The molecule has 202 valence electrons. The molecular weight excluding hydrogens is 466 g/mol. The number of benzene rings is 2. The molecule has 5 aliphatic rings. The summed E-state index contributed by atoms with van der Waals surface area (Å²) in [6, 6.07) is 16.1. The van der Waals surface area contributed by atoms with Crippen molar-refractivity contribution in [3.05, 3.63) is 76.5 Å². The van der Waals surface area contributed by atoms with E-state index in [2.05, 4.69) is 75.4 Å². The second-order valence-corrected chi connectivity index (χ2v) is 13.6. The van der Waals surface area contributed by atoms with Crippen LogP contribution < -0.4 is 0 Å². The van der Waals surface area contributed by atoms with E-state index < -0.39 is 0 Å². The first-order chi connectivity index (χ1) is 18.4. The Kier molecular flexibility index (Phi) is 5.79. The predicted molar refractivity (Wildman–Crippen MR) is 156 cm³/mol. The molecule has 0 amide bonds. The van der Waals surface area contributed by atoms with Gasteiger partial charge >= 0.3 is 0 Å². The van der Waals surface area contributed by atoms with Crippen LogP contribution in [0.3, 0.4) is 0 Å². The van der Waals surface area contributed by atoms with Crippen LogP contribution in [0.25, 0.3) is 10.8 Å². The van der Waals surface area contributed by atoms with Gasteiger partial charge in [-0.2, -0.15) is 0 Å². The monoisotopic (exact) mass is 511 g/mol. The van der Waals surface area contributed by atoms with Crippen LogP contribution in [0.5, 0.6) is 0 Å². The number of hydroxylamine groups is 3. The quantitative estimate of drug-likeness (QED) is 0.287. The summed E-state index contributed by atoms with van der Waals surface area (Å²) in [5, 5.41) is 16.7. The van der Waals surface area contributed by atoms with E-state index in [0.29, 0.717) is 11.8 Å². The number of quaternary nitrogens is 1. The smallest absolute Gasteiger partial charge is 0.0975 e. The number of hydrogen-bond acceptors (Lipinski definition) is 2. The fourth-order valence-corrected chi connectivity index (χ4v) is 9.99. The Morgan fingerprint density at radius 2 is 1.76 bits per heavy atom. The van der Waals surface area contributed by atoms with Crippen LogP contribution in [0.2, 0.25) is 0 Å². The summed E-state index contributed by atoms with van der Waals surface area (Å²) in [5.41, 5.74) is 4.34. The number of allylic oxidation sites excluding steroid dienone is 1. The lowest BCUT2D eigenvalue weighted by Gasteiger charge is -2.57. The summed E-state index contributed by atoms with van der Waals surface area (Å²) in [5.74, 6) is 1.11. The van der Waals surface area contributed by atoms with Gasteiger partial charge in [0.2, 0.25) is 0 Å². The van der Waals surface area contributed by atoms with Gasteiger partial charge in [-0.25, -0.2) is 0 Å². The highest BCUT2D eigenvalue weighted by atomic mass is 16.6. The zero-order valence-corrected chi connectivity index (χ0v) is 23.7. The van der Waals surface area contributed by atoms with Crippen molar-refractivity contribution in [2.24, 2.45) is 11.3 Å². The van der Waals surface area contributed by atoms with Gasteiger partial charge in [0.1, 0.15) is 0 Å². The lowest BCUT2D eigenvalue weighted by Crippen LogP contribution is -2.59. The molecule has 0 N–H and O–H groups in total. The maximum Gasteiger partial charge on any atom is 0.0975 e. The number of fused-ring (bicyclic) bond motifs is 2. The van der Waals surface area contributed by atoms with E-state index in [-0.39, 0.29) is 27.3 Å². The Hall–Kier alpha value is -1.94. The van der Waals surface area contributed by atoms with Crippen molar-refractivity contribution in [1.29, 1.82) is 0 Å². The summed E-state index contributed by atoms with van der Waals surface area (Å²) in [7, 11) is 0. The summed E-state index contributed by atoms with van der Waals surface area (Å²) in [6.45, 7) is 8.39. The third-order valence-electron chi connectivity index (χ3n) is 11.7. The molecule has 6 atom stereocenters. The SMILES string of the molecule is CCC[N+]([O-])(CCC)[C@H]1CCC2=CC3=CC[C@]4(C)[C@@H](c5ccc6ccccc6c5)CC[C@H]4C34CC[C@]2(C1)O4. The molecule has 1 unspecified atom stereocenters. The van der Waals surface area contributed by atoms with Crippen LogP contribution in [-0.4, -0.2) is 35.0 Å². The molecule has 2 saturated carbocycles. The van der Waals surface area contributed by atoms with Crippen LogP contribution in [0.1, 0.15) is 96.5 Å². The Morgan fingerprint density at radius 1 is 0.974 bits per heavy atom. The van der Waals surface area contributed by atoms with Gasteiger partial charge in [-0.1, -0.05) is 75.4 Å². The average molecular weight is 512 g/mol. The van der Waals surface area contributed by atoms with E-state index in [0.717, 1.165) is 64.5 Å². The van der Waals surface area contributed by atoms with Crippen molar-refractivity contribution in [2.45, 2.75) is 108 Å². The molecule has 38 heavy (non-hydrogen) atoms. The van der Waals surface area contributed by atoms with E-state index in [1.54, 1.807) is 0 Å². The van der Waals surface area contributed by atoms with E-state index in [1.807, 2.05) is 0 Å². The van der Waals surface area contributed by atoms with Gasteiger partial charge in [-0.3, -0.25) is 0 Å². The van der Waals surface area contributed by atoms with Crippen molar-refractivity contribution < 1.29 is 9.38 Å². The Bertz CT molecular complexity index is 1300. The van der Waals surface area contributed by atoms with Crippen molar-refractivity contribution in [3.8, 4) is 0 Å². The third-order valence-corrected chi connectivity index (χ3v) is 11.7. The topological polar surface area (TPSA) is 32.3 Å². The molecule has 1 saturated heterocycles. The second kappa shape index (κ2) is 8.78. The summed E-state index contributed by atoms with van der Waals surface area (Å²) in [4.78, 5) is 0. The van der Waals surface area contributed by atoms with Gasteiger partial charge in [0.05, 0.1) is 30.3 Å². The van der Waals surface area contributed by atoms with Gasteiger partial charge in [0.25, 0.3) is 0 Å². The molecule has 2 spiro atoms. The zero-order valence-electron chi connectivity index (χ0n) is 23.7.